The maximum absolute atomic E-state index is 5.14. The highest BCUT2D eigenvalue weighted by atomic mass is 15.1. The molecular weight excluding hydrogens is 1300 g/mol. The molecule has 3 heterocycles. The molecule has 16 aromatic carbocycles. The minimum Gasteiger partial charge on any atom is -0.311 e. The van der Waals surface area contributed by atoms with Crippen LogP contribution < -0.4 is 4.90 Å². The van der Waals surface area contributed by atoms with Gasteiger partial charge in [-0.1, -0.05) is 307 Å². The van der Waals surface area contributed by atoms with Crippen molar-refractivity contribution in [2.75, 3.05) is 4.90 Å². The van der Waals surface area contributed by atoms with E-state index in [-0.39, 0.29) is 10.8 Å². The van der Waals surface area contributed by atoms with E-state index in [4.69, 9.17) is 15.0 Å². The SMILES string of the molecule is CC1(C)c2ccccc2-c2c3c1cccc3cc1c2c2ccccc2n1-c1ccc(-c2ccc(N(c3ccccc3)c3ccccc3)cc2)cc1.CC1(C)c2ccccc2-c2c3c1cccc3cc1c2c2ccccc2n1-c1cccc(-c2nc(-c3ccccc3)nc(-c3ccc(-c4ccccc4)cc3)n2)c1. The monoisotopic (exact) mass is 1370 g/mol. The van der Waals surface area contributed by atoms with E-state index in [1.807, 2.05) is 24.3 Å². The van der Waals surface area contributed by atoms with Crippen molar-refractivity contribution in [1.82, 2.24) is 24.1 Å². The van der Waals surface area contributed by atoms with Crippen molar-refractivity contribution >= 4 is 82.2 Å². The normalized spacial score (nSPS) is 13.0. The fourth-order valence-corrected chi connectivity index (χ4v) is 17.5. The standard InChI is InChI=1S/C52H36N4.C49H36N2/c1-52(2)42-24-11-9-22-40(42)48-46-37(19-14-25-43(46)52)32-45-47(48)41-23-10-12-26-44(41)56(45)39-21-13-20-38(31-39)51-54-49(35-17-7-4-8-18-35)53-50(55-51)36-29-27-34(28-30-36)33-15-5-3-6-16-33;1-49(2)42-21-11-9-19-40(42)48-46-35(14-13-22-43(46)49)32-45-47(48)41-20-10-12-23-44(41)51(45)39-30-26-34(27-31-39)33-24-28-38(29-25-33)50(36-15-5-3-6-16-36)37-17-7-4-8-18-37/h3-32H,1-2H3;3-32H,1-2H3. The summed E-state index contributed by atoms with van der Waals surface area (Å²) in [6, 6.07) is 131. The van der Waals surface area contributed by atoms with Crippen LogP contribution in [0.4, 0.5) is 17.1 Å². The van der Waals surface area contributed by atoms with Crippen molar-refractivity contribution in [3.05, 3.63) is 386 Å². The lowest BCUT2D eigenvalue weighted by Gasteiger charge is -2.35. The lowest BCUT2D eigenvalue weighted by Crippen LogP contribution is -2.23. The lowest BCUT2D eigenvalue weighted by molar-refractivity contribution is 0.645. The smallest absolute Gasteiger partial charge is 0.164 e. The zero-order chi connectivity index (χ0) is 71.5. The van der Waals surface area contributed by atoms with Crippen LogP contribution >= 0.6 is 0 Å². The van der Waals surface area contributed by atoms with Gasteiger partial charge in [0.2, 0.25) is 0 Å². The average molecular weight is 1370 g/mol. The molecule has 0 bridgehead atoms. The maximum Gasteiger partial charge on any atom is 0.164 e. The molecular formula is C101H72N6. The average Bonchev–Trinajstić information content (AvgIpc) is 1.63. The van der Waals surface area contributed by atoms with Crippen LogP contribution in [0.2, 0.25) is 0 Å². The van der Waals surface area contributed by atoms with Crippen LogP contribution in [0.1, 0.15) is 49.9 Å². The molecule has 21 rings (SSSR count). The summed E-state index contributed by atoms with van der Waals surface area (Å²) < 4.78 is 4.88. The predicted octanol–water partition coefficient (Wildman–Crippen LogP) is 26.5. The third-order valence-electron chi connectivity index (χ3n) is 22.6. The molecule has 6 heteroatoms. The Kier molecular flexibility index (Phi) is 14.8. The fourth-order valence-electron chi connectivity index (χ4n) is 17.5. The van der Waals surface area contributed by atoms with Crippen molar-refractivity contribution < 1.29 is 0 Å². The lowest BCUT2D eigenvalue weighted by atomic mass is 9.68. The fraction of sp³-hybridized carbons (Fsp3) is 0.0594. The molecule has 19 aromatic rings. The van der Waals surface area contributed by atoms with E-state index in [9.17, 15) is 0 Å². The van der Waals surface area contributed by atoms with Gasteiger partial charge in [0.1, 0.15) is 0 Å². The van der Waals surface area contributed by atoms with Gasteiger partial charge >= 0.3 is 0 Å². The zero-order valence-electron chi connectivity index (χ0n) is 59.8. The first kappa shape index (κ1) is 63.2. The van der Waals surface area contributed by atoms with Crippen LogP contribution in [-0.2, 0) is 10.8 Å². The highest BCUT2D eigenvalue weighted by Gasteiger charge is 2.37. The number of aromatic nitrogens is 5. The third kappa shape index (κ3) is 10.3. The summed E-state index contributed by atoms with van der Waals surface area (Å²) >= 11 is 0. The summed E-state index contributed by atoms with van der Waals surface area (Å²) in [5.74, 6) is 1.91. The molecule has 107 heavy (non-hydrogen) atoms. The number of para-hydroxylation sites is 4. The first-order valence-electron chi connectivity index (χ1n) is 37.0. The molecule has 0 spiro atoms. The van der Waals surface area contributed by atoms with Gasteiger partial charge in [-0.15, -0.1) is 0 Å². The number of hydrogen-bond acceptors (Lipinski definition) is 4. The molecule has 0 fully saturated rings. The number of benzene rings is 16. The van der Waals surface area contributed by atoms with Crippen molar-refractivity contribution in [1.29, 1.82) is 0 Å². The van der Waals surface area contributed by atoms with E-state index in [1.165, 1.54) is 121 Å². The number of rotatable bonds is 10. The molecule has 0 saturated carbocycles. The Morgan fingerprint density at radius 2 is 0.589 bits per heavy atom. The molecule has 0 N–H and O–H groups in total. The summed E-state index contributed by atoms with van der Waals surface area (Å²) in [5.41, 5.74) is 28.6. The Hall–Kier alpha value is -13.6. The topological polar surface area (TPSA) is 51.8 Å². The second-order valence-corrected chi connectivity index (χ2v) is 29.4. The molecule has 0 unspecified atom stereocenters. The highest BCUT2D eigenvalue weighted by Crippen LogP contribution is 2.55. The Balaban J connectivity index is 0.000000142. The summed E-state index contributed by atoms with van der Waals surface area (Å²) in [6.07, 6.45) is 0. The Morgan fingerprint density at radius 3 is 1.09 bits per heavy atom. The van der Waals surface area contributed by atoms with E-state index >= 15 is 0 Å². The molecule has 0 amide bonds. The minimum absolute atomic E-state index is 0.0788. The molecule has 2 aliphatic carbocycles. The first-order valence-corrected chi connectivity index (χ1v) is 37.0. The quantitative estimate of drug-likeness (QED) is 0.137. The largest absolute Gasteiger partial charge is 0.311 e. The van der Waals surface area contributed by atoms with Crippen molar-refractivity contribution in [3.63, 3.8) is 0 Å². The van der Waals surface area contributed by atoms with Crippen LogP contribution in [0, 0.1) is 0 Å². The third-order valence-corrected chi connectivity index (χ3v) is 22.6. The number of hydrogen-bond donors (Lipinski definition) is 0. The van der Waals surface area contributed by atoms with E-state index in [1.54, 1.807) is 0 Å². The summed E-state index contributed by atoms with van der Waals surface area (Å²) in [6.45, 7) is 9.46. The van der Waals surface area contributed by atoms with Crippen LogP contribution in [-0.4, -0.2) is 24.1 Å². The number of nitrogens with zero attached hydrogens (tertiary/aromatic N) is 6. The number of fused-ring (bicyclic) bond motifs is 12. The zero-order valence-corrected chi connectivity index (χ0v) is 59.8. The van der Waals surface area contributed by atoms with Crippen LogP contribution in [0.25, 0.3) is 155 Å². The maximum atomic E-state index is 5.14. The second-order valence-electron chi connectivity index (χ2n) is 29.4. The van der Waals surface area contributed by atoms with Crippen LogP contribution in [0.5, 0.6) is 0 Å². The van der Waals surface area contributed by atoms with Gasteiger partial charge in [0.15, 0.2) is 17.5 Å². The first-order chi connectivity index (χ1) is 52.6. The summed E-state index contributed by atoms with van der Waals surface area (Å²) in [5, 5.41) is 10.4. The van der Waals surface area contributed by atoms with Crippen molar-refractivity contribution in [2.45, 2.75) is 38.5 Å². The minimum atomic E-state index is -0.116. The summed E-state index contributed by atoms with van der Waals surface area (Å²) in [7, 11) is 0. The number of anilines is 3. The van der Waals surface area contributed by atoms with E-state index < -0.39 is 0 Å². The van der Waals surface area contributed by atoms with Gasteiger partial charge < -0.3 is 14.0 Å². The Labute approximate surface area is 622 Å². The Morgan fingerprint density at radius 1 is 0.243 bits per heavy atom. The molecule has 6 nitrogen and oxygen atoms in total. The van der Waals surface area contributed by atoms with Gasteiger partial charge in [-0.05, 0) is 162 Å². The van der Waals surface area contributed by atoms with E-state index in [0.717, 1.165) is 56.2 Å². The van der Waals surface area contributed by atoms with E-state index in [0.29, 0.717) is 17.5 Å². The van der Waals surface area contributed by atoms with Crippen LogP contribution in [0.3, 0.4) is 0 Å². The molecule has 0 saturated heterocycles. The van der Waals surface area contributed by atoms with Gasteiger partial charge in [0.25, 0.3) is 0 Å². The second kappa shape index (κ2) is 25.1. The van der Waals surface area contributed by atoms with Gasteiger partial charge in [-0.2, -0.15) is 0 Å². The van der Waals surface area contributed by atoms with Crippen molar-refractivity contribution in [2.24, 2.45) is 0 Å². The molecule has 3 aromatic heterocycles. The van der Waals surface area contributed by atoms with Gasteiger partial charge in [-0.25, -0.2) is 15.0 Å². The van der Waals surface area contributed by atoms with Crippen molar-refractivity contribution in [3.8, 4) is 90.0 Å². The summed E-state index contributed by atoms with van der Waals surface area (Å²) in [4.78, 5) is 17.6. The van der Waals surface area contributed by atoms with Gasteiger partial charge in [0.05, 0.1) is 22.1 Å². The van der Waals surface area contributed by atoms with Gasteiger partial charge in [-0.3, -0.25) is 0 Å². The molecule has 0 aliphatic heterocycles. The molecule has 506 valence electrons. The predicted molar refractivity (Wildman–Crippen MR) is 447 cm³/mol. The molecule has 0 radical (unpaired) electrons. The van der Waals surface area contributed by atoms with Crippen LogP contribution in [0.15, 0.2) is 364 Å². The molecule has 2 aliphatic rings. The van der Waals surface area contributed by atoms with Gasteiger partial charge in [0, 0.05) is 88.6 Å². The van der Waals surface area contributed by atoms with E-state index in [2.05, 4.69) is 381 Å². The highest BCUT2D eigenvalue weighted by molar-refractivity contribution is 6.26. The Bertz CT molecular complexity index is 6650. The molecule has 0 atom stereocenters.